The van der Waals surface area contributed by atoms with E-state index in [1.807, 2.05) is 25.1 Å². The molecule has 0 aliphatic carbocycles. The second-order valence-electron chi connectivity index (χ2n) is 4.32. The highest BCUT2D eigenvalue weighted by molar-refractivity contribution is 7.99. The van der Waals surface area contributed by atoms with Crippen molar-refractivity contribution < 1.29 is 9.90 Å². The van der Waals surface area contributed by atoms with Crippen molar-refractivity contribution >= 4 is 35.3 Å². The lowest BCUT2D eigenvalue weighted by atomic mass is 10.1. The Kier molecular flexibility index (Phi) is 8.42. The van der Waals surface area contributed by atoms with Crippen LogP contribution < -0.4 is 5.32 Å². The summed E-state index contributed by atoms with van der Waals surface area (Å²) in [6.07, 6.45) is 4.06. The standard InChI is InChI=1S/C15H20ClNO2S/c1-12-3-4-13(11-14(12)16)5-6-15(19)17-7-10-20-9-2-8-18/h3-6,11,18H,2,7-10H2,1H3,(H,17,19)/b6-5+. The molecule has 0 radical (unpaired) electrons. The fraction of sp³-hybridized carbons (Fsp3) is 0.400. The second-order valence-corrected chi connectivity index (χ2v) is 5.95. The Labute approximate surface area is 129 Å². The van der Waals surface area contributed by atoms with Crippen molar-refractivity contribution in [2.45, 2.75) is 13.3 Å². The molecule has 0 unspecified atom stereocenters. The van der Waals surface area contributed by atoms with Crippen LogP contribution in [0.1, 0.15) is 17.5 Å². The van der Waals surface area contributed by atoms with Gasteiger partial charge in [-0.25, -0.2) is 0 Å². The monoisotopic (exact) mass is 313 g/mol. The predicted molar refractivity (Wildman–Crippen MR) is 87.3 cm³/mol. The van der Waals surface area contributed by atoms with Crippen LogP contribution in [0, 0.1) is 6.92 Å². The first kappa shape index (κ1) is 17.1. The van der Waals surface area contributed by atoms with Crippen LogP contribution in [0.4, 0.5) is 0 Å². The van der Waals surface area contributed by atoms with Gasteiger partial charge in [-0.3, -0.25) is 4.79 Å². The summed E-state index contributed by atoms with van der Waals surface area (Å²) >= 11 is 7.74. The van der Waals surface area contributed by atoms with E-state index >= 15 is 0 Å². The minimum atomic E-state index is -0.107. The molecule has 0 atom stereocenters. The van der Waals surface area contributed by atoms with Gasteiger partial charge in [0, 0.05) is 30.0 Å². The summed E-state index contributed by atoms with van der Waals surface area (Å²) in [6.45, 7) is 2.80. The molecule has 0 saturated carbocycles. The van der Waals surface area contributed by atoms with Gasteiger partial charge in [-0.15, -0.1) is 0 Å². The number of rotatable bonds is 8. The smallest absolute Gasteiger partial charge is 0.244 e. The number of carbonyl (C=O) groups is 1. The zero-order valence-electron chi connectivity index (χ0n) is 11.6. The first-order chi connectivity index (χ1) is 9.63. The van der Waals surface area contributed by atoms with Crippen molar-refractivity contribution in [2.75, 3.05) is 24.7 Å². The van der Waals surface area contributed by atoms with Gasteiger partial charge >= 0.3 is 0 Å². The Balaban J connectivity index is 2.27. The number of halogens is 1. The Bertz CT molecular complexity index is 463. The van der Waals surface area contributed by atoms with Crippen LogP contribution >= 0.6 is 23.4 Å². The van der Waals surface area contributed by atoms with Crippen molar-refractivity contribution in [1.82, 2.24) is 5.32 Å². The molecule has 0 aromatic heterocycles. The average Bonchev–Trinajstić information content (AvgIpc) is 2.44. The van der Waals surface area contributed by atoms with E-state index in [1.54, 1.807) is 17.8 Å². The predicted octanol–water partition coefficient (Wildman–Crippen LogP) is 2.89. The van der Waals surface area contributed by atoms with Gasteiger partial charge < -0.3 is 10.4 Å². The van der Waals surface area contributed by atoms with E-state index < -0.39 is 0 Å². The van der Waals surface area contributed by atoms with E-state index in [0.29, 0.717) is 11.6 Å². The van der Waals surface area contributed by atoms with Gasteiger partial charge in [0.15, 0.2) is 0 Å². The molecule has 0 spiro atoms. The molecule has 0 saturated heterocycles. The van der Waals surface area contributed by atoms with Crippen molar-refractivity contribution in [2.24, 2.45) is 0 Å². The number of hydrogen-bond donors (Lipinski definition) is 2. The molecule has 20 heavy (non-hydrogen) atoms. The molecular formula is C15H20ClNO2S. The number of aliphatic hydroxyl groups is 1. The number of hydrogen-bond acceptors (Lipinski definition) is 3. The highest BCUT2D eigenvalue weighted by atomic mass is 35.5. The van der Waals surface area contributed by atoms with Gasteiger partial charge in [-0.2, -0.15) is 11.8 Å². The fourth-order valence-corrected chi connectivity index (χ4v) is 2.43. The number of aryl methyl sites for hydroxylation is 1. The van der Waals surface area contributed by atoms with Crippen molar-refractivity contribution in [1.29, 1.82) is 0 Å². The molecule has 1 aromatic rings. The second kappa shape index (κ2) is 9.86. The number of amides is 1. The molecule has 1 amide bonds. The Morgan fingerprint density at radius 1 is 1.45 bits per heavy atom. The van der Waals surface area contributed by atoms with E-state index in [0.717, 1.165) is 29.1 Å². The Hall–Kier alpha value is -0.970. The molecule has 110 valence electrons. The lowest BCUT2D eigenvalue weighted by Crippen LogP contribution is -2.23. The van der Waals surface area contributed by atoms with Crippen LogP contribution in [0.5, 0.6) is 0 Å². The Morgan fingerprint density at radius 3 is 2.95 bits per heavy atom. The molecule has 0 fully saturated rings. The third-order valence-corrected chi connectivity index (χ3v) is 4.09. The topological polar surface area (TPSA) is 49.3 Å². The van der Waals surface area contributed by atoms with Gasteiger partial charge in [0.25, 0.3) is 0 Å². The van der Waals surface area contributed by atoms with E-state index in [4.69, 9.17) is 16.7 Å². The van der Waals surface area contributed by atoms with Gasteiger partial charge in [-0.1, -0.05) is 23.7 Å². The molecule has 0 bridgehead atoms. The van der Waals surface area contributed by atoms with E-state index in [1.165, 1.54) is 6.08 Å². The number of thioether (sulfide) groups is 1. The van der Waals surface area contributed by atoms with Crippen molar-refractivity contribution in [3.8, 4) is 0 Å². The highest BCUT2D eigenvalue weighted by Gasteiger charge is 1.97. The summed E-state index contributed by atoms with van der Waals surface area (Å²) in [7, 11) is 0. The largest absolute Gasteiger partial charge is 0.396 e. The highest BCUT2D eigenvalue weighted by Crippen LogP contribution is 2.17. The zero-order valence-corrected chi connectivity index (χ0v) is 13.1. The molecule has 1 rings (SSSR count). The molecule has 0 aliphatic heterocycles. The summed E-state index contributed by atoms with van der Waals surface area (Å²) < 4.78 is 0. The molecule has 0 heterocycles. The SMILES string of the molecule is Cc1ccc(/C=C/C(=O)NCCSCCCO)cc1Cl. The lowest BCUT2D eigenvalue weighted by Gasteiger charge is -2.02. The van der Waals surface area contributed by atoms with E-state index in [2.05, 4.69) is 5.32 Å². The first-order valence-electron chi connectivity index (χ1n) is 6.54. The zero-order chi connectivity index (χ0) is 14.8. The maximum absolute atomic E-state index is 11.6. The fourth-order valence-electron chi connectivity index (χ4n) is 1.46. The average molecular weight is 314 g/mol. The van der Waals surface area contributed by atoms with Gasteiger partial charge in [0.05, 0.1) is 0 Å². The molecule has 3 nitrogen and oxygen atoms in total. The van der Waals surface area contributed by atoms with Crippen LogP contribution in [0.3, 0.4) is 0 Å². The van der Waals surface area contributed by atoms with Crippen molar-refractivity contribution in [3.05, 3.63) is 40.4 Å². The minimum Gasteiger partial charge on any atom is -0.396 e. The first-order valence-corrected chi connectivity index (χ1v) is 8.07. The van der Waals surface area contributed by atoms with Crippen LogP contribution in [0.15, 0.2) is 24.3 Å². The van der Waals surface area contributed by atoms with Crippen LogP contribution in [-0.2, 0) is 4.79 Å². The van der Waals surface area contributed by atoms with Gasteiger partial charge in [0.1, 0.15) is 0 Å². The molecule has 1 aromatic carbocycles. The molecular weight excluding hydrogens is 294 g/mol. The third kappa shape index (κ3) is 6.98. The summed E-state index contributed by atoms with van der Waals surface area (Å²) in [5.74, 6) is 1.67. The van der Waals surface area contributed by atoms with Crippen LogP contribution in [0.25, 0.3) is 6.08 Å². The molecule has 2 N–H and O–H groups in total. The third-order valence-electron chi connectivity index (χ3n) is 2.62. The number of carbonyl (C=O) groups excluding carboxylic acids is 1. The van der Waals surface area contributed by atoms with E-state index in [-0.39, 0.29) is 12.5 Å². The van der Waals surface area contributed by atoms with Crippen molar-refractivity contribution in [3.63, 3.8) is 0 Å². The molecule has 0 aliphatic rings. The molecule has 5 heteroatoms. The summed E-state index contributed by atoms with van der Waals surface area (Å²) in [4.78, 5) is 11.6. The quantitative estimate of drug-likeness (QED) is 0.573. The number of aliphatic hydroxyl groups excluding tert-OH is 1. The minimum absolute atomic E-state index is 0.107. The number of benzene rings is 1. The van der Waals surface area contributed by atoms with Gasteiger partial charge in [-0.05, 0) is 42.4 Å². The van der Waals surface area contributed by atoms with Crippen LogP contribution in [0.2, 0.25) is 5.02 Å². The maximum Gasteiger partial charge on any atom is 0.244 e. The summed E-state index contributed by atoms with van der Waals surface area (Å²) in [5.41, 5.74) is 1.93. The van der Waals surface area contributed by atoms with Gasteiger partial charge in [0.2, 0.25) is 5.91 Å². The van der Waals surface area contributed by atoms with E-state index in [9.17, 15) is 4.79 Å². The maximum atomic E-state index is 11.6. The normalized spacial score (nSPS) is 10.9. The summed E-state index contributed by atoms with van der Waals surface area (Å²) in [5, 5.41) is 12.1. The lowest BCUT2D eigenvalue weighted by molar-refractivity contribution is -0.116. The Morgan fingerprint density at radius 2 is 2.25 bits per heavy atom. The number of nitrogens with one attached hydrogen (secondary N) is 1. The van der Waals surface area contributed by atoms with Crippen LogP contribution in [-0.4, -0.2) is 35.7 Å². The summed E-state index contributed by atoms with van der Waals surface area (Å²) in [6, 6.07) is 5.69.